The van der Waals surface area contributed by atoms with Crippen molar-refractivity contribution in [3.63, 3.8) is 0 Å². The summed E-state index contributed by atoms with van der Waals surface area (Å²) in [6.45, 7) is 4.27. The Morgan fingerprint density at radius 2 is 1.77 bits per heavy atom. The summed E-state index contributed by atoms with van der Waals surface area (Å²) in [6, 6.07) is 7.02. The van der Waals surface area contributed by atoms with Crippen molar-refractivity contribution in [2.45, 2.75) is 25.2 Å². The summed E-state index contributed by atoms with van der Waals surface area (Å²) < 4.78 is 41.0. The summed E-state index contributed by atoms with van der Waals surface area (Å²) in [5, 5.41) is 2.65. The second-order valence-corrected chi connectivity index (χ2v) is 8.77. The van der Waals surface area contributed by atoms with Gasteiger partial charge in [-0.3, -0.25) is 14.6 Å². The molecule has 1 unspecified atom stereocenters. The highest BCUT2D eigenvalue weighted by Crippen LogP contribution is 2.30. The minimum absolute atomic E-state index is 0.0921. The number of benzene rings is 1. The van der Waals surface area contributed by atoms with E-state index < -0.39 is 29.6 Å². The normalized spacial score (nSPS) is 21.3. The van der Waals surface area contributed by atoms with Gasteiger partial charge in [-0.1, -0.05) is 0 Å². The van der Waals surface area contributed by atoms with Crippen LogP contribution in [-0.2, 0) is 11.2 Å². The fourth-order valence-corrected chi connectivity index (χ4v) is 4.12. The van der Waals surface area contributed by atoms with E-state index in [9.17, 15) is 27.6 Å². The van der Waals surface area contributed by atoms with Gasteiger partial charge < -0.3 is 19.9 Å². The first-order chi connectivity index (χ1) is 16.4. The van der Waals surface area contributed by atoms with Crippen molar-refractivity contribution in [1.82, 2.24) is 20.1 Å². The molecule has 2 saturated heterocycles. The smallest absolute Gasteiger partial charge is 0.406 e. The van der Waals surface area contributed by atoms with Crippen LogP contribution < -0.4 is 15.0 Å². The lowest BCUT2D eigenvalue weighted by Gasteiger charge is -2.32. The van der Waals surface area contributed by atoms with Crippen LogP contribution in [0.4, 0.5) is 23.7 Å². The number of nitrogens with one attached hydrogen (secondary N) is 1. The Morgan fingerprint density at radius 3 is 2.40 bits per heavy atom. The molecular weight excluding hydrogens is 467 g/mol. The van der Waals surface area contributed by atoms with Crippen LogP contribution >= 0.6 is 0 Å². The Bertz CT molecular complexity index is 1130. The predicted octanol–water partition coefficient (Wildman–Crippen LogP) is 2.43. The fraction of sp³-hybridized carbons (Fsp3) is 0.391. The van der Waals surface area contributed by atoms with Gasteiger partial charge in [-0.05, 0) is 55.9 Å². The molecule has 4 rings (SSSR count). The van der Waals surface area contributed by atoms with Crippen LogP contribution in [0, 0.1) is 0 Å². The van der Waals surface area contributed by atoms with Gasteiger partial charge in [-0.25, -0.2) is 9.69 Å². The predicted molar refractivity (Wildman–Crippen MR) is 119 cm³/mol. The van der Waals surface area contributed by atoms with Gasteiger partial charge in [0, 0.05) is 38.8 Å². The number of carbonyl (C=O) groups is 3. The van der Waals surface area contributed by atoms with Crippen LogP contribution in [0.2, 0.25) is 0 Å². The van der Waals surface area contributed by atoms with E-state index in [-0.39, 0.29) is 23.7 Å². The number of nitrogens with zero attached hydrogens (tertiary/aromatic N) is 4. The number of anilines is 1. The van der Waals surface area contributed by atoms with Crippen molar-refractivity contribution in [1.29, 1.82) is 0 Å². The lowest BCUT2D eigenvalue weighted by atomic mass is 9.92. The summed E-state index contributed by atoms with van der Waals surface area (Å²) in [5.41, 5.74) is -0.339. The molecule has 2 fully saturated rings. The Labute approximate surface area is 199 Å². The van der Waals surface area contributed by atoms with Gasteiger partial charge in [0.25, 0.3) is 11.8 Å². The number of urea groups is 1. The van der Waals surface area contributed by atoms with Crippen molar-refractivity contribution in [2.24, 2.45) is 0 Å². The molecule has 12 heteroatoms. The van der Waals surface area contributed by atoms with Crippen LogP contribution in [0.3, 0.4) is 0 Å². The molecule has 4 amide bonds. The molecule has 0 spiro atoms. The first-order valence-corrected chi connectivity index (χ1v) is 10.9. The third-order valence-corrected chi connectivity index (χ3v) is 5.98. The van der Waals surface area contributed by atoms with Crippen LogP contribution in [0.1, 0.15) is 23.0 Å². The molecular formula is C23H24F3N5O4. The third-order valence-electron chi connectivity index (χ3n) is 5.98. The maximum absolute atomic E-state index is 13.2. The number of likely N-dealkylation sites (N-methyl/N-ethyl adjacent to an activating group) is 1. The number of amides is 4. The molecule has 1 N–H and O–H groups in total. The Hall–Kier alpha value is -3.67. The monoisotopic (exact) mass is 491 g/mol. The zero-order chi connectivity index (χ0) is 25.4. The van der Waals surface area contributed by atoms with E-state index in [0.29, 0.717) is 18.7 Å². The maximum atomic E-state index is 13.2. The minimum atomic E-state index is -4.85. The maximum Gasteiger partial charge on any atom is 0.573 e. The number of rotatable bonds is 5. The molecule has 2 aromatic rings. The van der Waals surface area contributed by atoms with Crippen molar-refractivity contribution in [3.05, 3.63) is 53.9 Å². The Morgan fingerprint density at radius 1 is 1.11 bits per heavy atom. The molecule has 1 aromatic heterocycles. The number of hydrogen-bond donors (Lipinski definition) is 1. The molecule has 0 bridgehead atoms. The average Bonchev–Trinajstić information content (AvgIpc) is 3.01. The van der Waals surface area contributed by atoms with Crippen LogP contribution in [0.5, 0.6) is 5.75 Å². The second kappa shape index (κ2) is 9.17. The van der Waals surface area contributed by atoms with Gasteiger partial charge in [0.05, 0.1) is 5.69 Å². The van der Waals surface area contributed by atoms with Gasteiger partial charge in [-0.15, -0.1) is 13.2 Å². The third kappa shape index (κ3) is 5.37. The highest BCUT2D eigenvalue weighted by atomic mass is 19.4. The summed E-state index contributed by atoms with van der Waals surface area (Å²) in [6.07, 6.45) is -3.27. The van der Waals surface area contributed by atoms with E-state index in [2.05, 4.69) is 19.9 Å². The second-order valence-electron chi connectivity index (χ2n) is 8.77. The zero-order valence-corrected chi connectivity index (χ0v) is 19.1. The van der Waals surface area contributed by atoms with E-state index in [1.807, 2.05) is 7.05 Å². The number of imide groups is 1. The van der Waals surface area contributed by atoms with Crippen molar-refractivity contribution in [3.8, 4) is 5.75 Å². The molecule has 0 saturated carbocycles. The molecule has 0 radical (unpaired) electrons. The molecule has 2 aliphatic rings. The molecule has 0 aliphatic carbocycles. The lowest BCUT2D eigenvalue weighted by molar-refractivity contribution is -0.274. The summed E-state index contributed by atoms with van der Waals surface area (Å²) >= 11 is 0. The highest BCUT2D eigenvalue weighted by Gasteiger charge is 2.48. The van der Waals surface area contributed by atoms with E-state index in [4.69, 9.17) is 0 Å². The summed E-state index contributed by atoms with van der Waals surface area (Å²) in [5.74, 6) is -1.24. The van der Waals surface area contributed by atoms with E-state index in [0.717, 1.165) is 30.1 Å². The number of halogens is 3. The number of carbonyl (C=O) groups excluding carboxylic acids is 3. The SMILES string of the molecule is CN1CCN(C(=O)c2cc(CC3(C)NC(=O)N(c4ccc(OC(F)(F)F)cc4)C3=O)ccn2)CC1. The number of piperazine rings is 1. The summed E-state index contributed by atoms with van der Waals surface area (Å²) in [7, 11) is 1.99. The van der Waals surface area contributed by atoms with Gasteiger partial charge in [0.1, 0.15) is 17.0 Å². The molecule has 1 atom stereocenters. The van der Waals surface area contributed by atoms with Gasteiger partial charge in [-0.2, -0.15) is 0 Å². The van der Waals surface area contributed by atoms with Crippen LogP contribution in [0.15, 0.2) is 42.6 Å². The van der Waals surface area contributed by atoms with Crippen molar-refractivity contribution < 1.29 is 32.3 Å². The molecule has 3 heterocycles. The highest BCUT2D eigenvalue weighted by molar-refractivity contribution is 6.23. The first-order valence-electron chi connectivity index (χ1n) is 10.9. The standard InChI is InChI=1S/C23H24F3N5O4/c1-22(14-15-7-8-27-18(13-15)19(32)30-11-9-29(2)10-12-30)20(33)31(21(34)28-22)16-3-5-17(6-4-16)35-23(24,25)26/h3-8,13H,9-12,14H2,1-2H3,(H,28,34). The van der Waals surface area contributed by atoms with Gasteiger partial charge in [0.2, 0.25) is 0 Å². The Kier molecular flexibility index (Phi) is 6.41. The van der Waals surface area contributed by atoms with E-state index in [1.54, 1.807) is 24.0 Å². The molecule has 35 heavy (non-hydrogen) atoms. The van der Waals surface area contributed by atoms with Gasteiger partial charge in [0.15, 0.2) is 0 Å². The topological polar surface area (TPSA) is 95.1 Å². The first kappa shape index (κ1) is 24.5. The van der Waals surface area contributed by atoms with E-state index >= 15 is 0 Å². The van der Waals surface area contributed by atoms with E-state index in [1.165, 1.54) is 18.3 Å². The minimum Gasteiger partial charge on any atom is -0.406 e. The van der Waals surface area contributed by atoms with Crippen molar-refractivity contribution in [2.75, 3.05) is 38.1 Å². The number of alkyl halides is 3. The van der Waals surface area contributed by atoms with Crippen molar-refractivity contribution >= 4 is 23.5 Å². The fourth-order valence-electron chi connectivity index (χ4n) is 4.12. The summed E-state index contributed by atoms with van der Waals surface area (Å²) in [4.78, 5) is 47.6. The molecule has 1 aromatic carbocycles. The molecule has 2 aliphatic heterocycles. The number of aromatic nitrogens is 1. The molecule has 186 valence electrons. The number of ether oxygens (including phenoxy) is 1. The largest absolute Gasteiger partial charge is 0.573 e. The van der Waals surface area contributed by atoms with Crippen LogP contribution in [0.25, 0.3) is 0 Å². The number of pyridine rings is 1. The number of hydrogen-bond acceptors (Lipinski definition) is 6. The Balaban J connectivity index is 1.48. The van der Waals surface area contributed by atoms with Gasteiger partial charge >= 0.3 is 12.4 Å². The molecule has 9 nitrogen and oxygen atoms in total. The van der Waals surface area contributed by atoms with Crippen LogP contribution in [-0.4, -0.2) is 77.8 Å². The zero-order valence-electron chi connectivity index (χ0n) is 19.1. The average molecular weight is 491 g/mol. The quantitative estimate of drug-likeness (QED) is 0.646. The lowest BCUT2D eigenvalue weighted by Crippen LogP contribution is -2.47.